The van der Waals surface area contributed by atoms with E-state index < -0.39 is 67.3 Å². The summed E-state index contributed by atoms with van der Waals surface area (Å²) in [6.45, 7) is 5.87. The molecule has 0 radical (unpaired) electrons. The van der Waals surface area contributed by atoms with Gasteiger partial charge in [-0.05, 0) is 57.8 Å². The number of carboxylic acids is 1. The number of carbonyl (C=O) groups excluding carboxylic acids is 3. The van der Waals surface area contributed by atoms with E-state index in [1.54, 1.807) is 0 Å². The highest BCUT2D eigenvalue weighted by Gasteiger charge is 2.50. The monoisotopic (exact) mass is 1110 g/mol. The molecule has 0 aromatic carbocycles. The first-order valence-electron chi connectivity index (χ1n) is 32.3. The van der Waals surface area contributed by atoms with Gasteiger partial charge >= 0.3 is 23.9 Å². The summed E-state index contributed by atoms with van der Waals surface area (Å²) in [5, 5.41) is 31.5. The zero-order valence-electron chi connectivity index (χ0n) is 50.4. The third-order valence-electron chi connectivity index (χ3n) is 14.6. The highest BCUT2D eigenvalue weighted by atomic mass is 16.7. The summed E-state index contributed by atoms with van der Waals surface area (Å²) in [5.41, 5.74) is 0. The van der Waals surface area contributed by atoms with E-state index in [4.69, 9.17) is 23.7 Å². The van der Waals surface area contributed by atoms with Crippen molar-refractivity contribution in [3.05, 3.63) is 60.8 Å². The van der Waals surface area contributed by atoms with Crippen molar-refractivity contribution in [1.82, 2.24) is 0 Å². The van der Waals surface area contributed by atoms with Crippen LogP contribution in [0.1, 0.15) is 290 Å². The van der Waals surface area contributed by atoms with E-state index >= 15 is 0 Å². The van der Waals surface area contributed by atoms with E-state index in [0.29, 0.717) is 25.7 Å². The van der Waals surface area contributed by atoms with Crippen LogP contribution < -0.4 is 0 Å². The Balaban J connectivity index is 2.68. The molecule has 79 heavy (non-hydrogen) atoms. The summed E-state index contributed by atoms with van der Waals surface area (Å²) < 4.78 is 28.5. The lowest BCUT2D eigenvalue weighted by Gasteiger charge is -2.40. The lowest BCUT2D eigenvalue weighted by atomic mass is 9.98. The molecule has 1 fully saturated rings. The van der Waals surface area contributed by atoms with Crippen molar-refractivity contribution in [2.45, 2.75) is 327 Å². The number of allylic oxidation sites excluding steroid dienone is 10. The van der Waals surface area contributed by atoms with Crippen LogP contribution in [-0.4, -0.2) is 89.2 Å². The highest BCUT2D eigenvalue weighted by molar-refractivity contribution is 5.74. The maximum absolute atomic E-state index is 13.2. The summed E-state index contributed by atoms with van der Waals surface area (Å²) in [4.78, 5) is 51.2. The normalized spacial score (nSPS) is 18.2. The lowest BCUT2D eigenvalue weighted by molar-refractivity contribution is -0.301. The van der Waals surface area contributed by atoms with Crippen LogP contribution in [0, 0.1) is 0 Å². The molecule has 12 heteroatoms. The first-order valence-corrected chi connectivity index (χ1v) is 32.3. The predicted molar refractivity (Wildman–Crippen MR) is 322 cm³/mol. The summed E-state index contributed by atoms with van der Waals surface area (Å²) in [6.07, 6.45) is 56.2. The van der Waals surface area contributed by atoms with Crippen LogP contribution in [0.3, 0.4) is 0 Å². The molecule has 6 unspecified atom stereocenters. The quantitative estimate of drug-likeness (QED) is 0.0228. The molecular formula is C67H116O12. The zero-order valence-corrected chi connectivity index (χ0v) is 50.4. The average molecular weight is 1110 g/mol. The van der Waals surface area contributed by atoms with Gasteiger partial charge < -0.3 is 39.0 Å². The summed E-state index contributed by atoms with van der Waals surface area (Å²) in [6, 6.07) is 0. The van der Waals surface area contributed by atoms with Crippen molar-refractivity contribution in [2.24, 2.45) is 0 Å². The minimum absolute atomic E-state index is 0.0570. The topological polar surface area (TPSA) is 175 Å². The minimum Gasteiger partial charge on any atom is -0.479 e. The van der Waals surface area contributed by atoms with Gasteiger partial charge in [0, 0.05) is 19.3 Å². The fourth-order valence-corrected chi connectivity index (χ4v) is 9.70. The van der Waals surface area contributed by atoms with Crippen LogP contribution in [0.2, 0.25) is 0 Å². The molecular weight excluding hydrogens is 997 g/mol. The second kappa shape index (κ2) is 55.0. The van der Waals surface area contributed by atoms with E-state index in [9.17, 15) is 34.5 Å². The average Bonchev–Trinajstić information content (AvgIpc) is 3.46. The molecule has 1 aliphatic rings. The Morgan fingerprint density at radius 2 is 0.797 bits per heavy atom. The second-order valence-corrected chi connectivity index (χ2v) is 22.0. The number of hydrogen-bond donors (Lipinski definition) is 3. The molecule has 3 N–H and O–H groups in total. The Kier molecular flexibility index (Phi) is 51.1. The first-order chi connectivity index (χ1) is 38.6. The largest absolute Gasteiger partial charge is 0.479 e. The van der Waals surface area contributed by atoms with E-state index in [2.05, 4.69) is 75.5 Å². The van der Waals surface area contributed by atoms with Gasteiger partial charge in [-0.1, -0.05) is 274 Å². The third kappa shape index (κ3) is 44.7. The number of carboxylic acid groups (broad SMARTS) is 1. The summed E-state index contributed by atoms with van der Waals surface area (Å²) in [7, 11) is 0. The van der Waals surface area contributed by atoms with Crippen molar-refractivity contribution < 1.29 is 58.2 Å². The molecule has 0 aromatic heterocycles. The number of aliphatic carboxylic acids is 1. The van der Waals surface area contributed by atoms with Crippen LogP contribution in [-0.2, 0) is 42.9 Å². The van der Waals surface area contributed by atoms with Crippen molar-refractivity contribution in [1.29, 1.82) is 0 Å². The Bertz CT molecular complexity index is 1600. The molecule has 0 aromatic rings. The predicted octanol–water partition coefficient (Wildman–Crippen LogP) is 17.1. The summed E-state index contributed by atoms with van der Waals surface area (Å²) >= 11 is 0. The number of aliphatic hydroxyl groups is 2. The van der Waals surface area contributed by atoms with E-state index in [1.165, 1.54) is 148 Å². The molecule has 1 saturated heterocycles. The number of rotatable bonds is 55. The number of esters is 3. The molecule has 0 saturated carbocycles. The fraction of sp³-hybridized carbons (Fsp3) is 0.791. The maximum Gasteiger partial charge on any atom is 0.335 e. The Morgan fingerprint density at radius 3 is 1.20 bits per heavy atom. The van der Waals surface area contributed by atoms with Gasteiger partial charge in [0.25, 0.3) is 0 Å². The van der Waals surface area contributed by atoms with Crippen LogP contribution in [0.15, 0.2) is 60.8 Å². The molecule has 0 bridgehead atoms. The molecule has 12 nitrogen and oxygen atoms in total. The fourth-order valence-electron chi connectivity index (χ4n) is 9.70. The number of hydrogen-bond acceptors (Lipinski definition) is 11. The van der Waals surface area contributed by atoms with Crippen molar-refractivity contribution in [3.63, 3.8) is 0 Å². The van der Waals surface area contributed by atoms with Crippen molar-refractivity contribution in [3.8, 4) is 0 Å². The first kappa shape index (κ1) is 73.4. The van der Waals surface area contributed by atoms with Gasteiger partial charge in [0.1, 0.15) is 18.8 Å². The van der Waals surface area contributed by atoms with Crippen LogP contribution in [0.25, 0.3) is 0 Å². The van der Waals surface area contributed by atoms with Gasteiger partial charge in [-0.2, -0.15) is 0 Å². The van der Waals surface area contributed by atoms with Gasteiger partial charge in [-0.3, -0.25) is 14.4 Å². The molecule has 456 valence electrons. The second-order valence-electron chi connectivity index (χ2n) is 22.0. The minimum atomic E-state index is -1.91. The Hall–Kier alpha value is -3.58. The molecule has 6 atom stereocenters. The SMILES string of the molecule is CC/C=C\C/C=C\C/C=C\C/C=C\C/C=C\CCCC(=O)OC(COC(=O)CCCCCCCCCCCCCCCCCCCCC)COC1OC(C(=O)O)C(O)C(O)C1OC(=O)CCCCCCCCCCCCCCC. The molecule has 0 aliphatic carbocycles. The molecule has 1 heterocycles. The van der Waals surface area contributed by atoms with E-state index in [1.807, 2.05) is 6.08 Å². The van der Waals surface area contributed by atoms with Gasteiger partial charge in [0.15, 0.2) is 24.6 Å². The van der Waals surface area contributed by atoms with Crippen molar-refractivity contribution >= 4 is 23.9 Å². The van der Waals surface area contributed by atoms with Gasteiger partial charge in [0.2, 0.25) is 0 Å². The van der Waals surface area contributed by atoms with E-state index in [0.717, 1.165) is 77.0 Å². The molecule has 0 amide bonds. The van der Waals surface area contributed by atoms with Crippen LogP contribution in [0.5, 0.6) is 0 Å². The number of aliphatic hydroxyl groups excluding tert-OH is 2. The summed E-state index contributed by atoms with van der Waals surface area (Å²) in [5.74, 6) is -3.18. The molecule has 1 rings (SSSR count). The Morgan fingerprint density at radius 1 is 0.430 bits per heavy atom. The lowest BCUT2D eigenvalue weighted by Crippen LogP contribution is -2.61. The van der Waals surface area contributed by atoms with E-state index in [-0.39, 0.29) is 25.9 Å². The van der Waals surface area contributed by atoms with Crippen molar-refractivity contribution in [2.75, 3.05) is 13.2 Å². The van der Waals surface area contributed by atoms with Gasteiger partial charge in [-0.15, -0.1) is 0 Å². The zero-order chi connectivity index (χ0) is 57.5. The molecule has 1 aliphatic heterocycles. The standard InChI is InChI=1S/C67H116O12/c1-4-7-10-13-16-19-22-25-27-29-30-32-33-36-38-41-44-47-50-53-59(68)75-56-58(77-60(69)54-51-48-45-42-40-37-34-31-28-26-23-20-17-14-11-8-5-2)57-76-67-65(63(72)62(71)64(79-67)66(73)74)78-61(70)55-52-49-46-43-39-35-24-21-18-15-12-9-6-3/h8,11,17,20,26,28,34,37,42,45,58,62-65,67,71-72H,4-7,9-10,12-16,18-19,21-25,27,29-33,35-36,38-41,43-44,46-57H2,1-3H3,(H,73,74)/b11-8-,20-17-,28-26-,37-34-,45-42-. The maximum atomic E-state index is 13.2. The Labute approximate surface area is 481 Å². The third-order valence-corrected chi connectivity index (χ3v) is 14.6. The van der Waals surface area contributed by atoms with Crippen LogP contribution in [0.4, 0.5) is 0 Å². The smallest absolute Gasteiger partial charge is 0.335 e. The number of carbonyl (C=O) groups is 4. The van der Waals surface area contributed by atoms with Gasteiger partial charge in [0.05, 0.1) is 6.61 Å². The number of ether oxygens (including phenoxy) is 5. The van der Waals surface area contributed by atoms with Gasteiger partial charge in [-0.25, -0.2) is 4.79 Å². The highest BCUT2D eigenvalue weighted by Crippen LogP contribution is 2.27. The molecule has 0 spiro atoms. The van der Waals surface area contributed by atoms with Crippen LogP contribution >= 0.6 is 0 Å². The number of unbranched alkanes of at least 4 members (excludes halogenated alkanes) is 31.